The number of carbonyl (C=O) groups is 2. The van der Waals surface area contributed by atoms with Gasteiger partial charge in [0, 0.05) is 6.04 Å². The summed E-state index contributed by atoms with van der Waals surface area (Å²) in [5.74, 6) is -0.869. The third-order valence-corrected chi connectivity index (χ3v) is 2.82. The first kappa shape index (κ1) is 15.0. The Morgan fingerprint density at radius 3 is 2.00 bits per heavy atom. The molecule has 1 unspecified atom stereocenters. The van der Waals surface area contributed by atoms with E-state index in [0.29, 0.717) is 6.42 Å². The van der Waals surface area contributed by atoms with E-state index >= 15 is 0 Å². The molecule has 1 aromatic carbocycles. The summed E-state index contributed by atoms with van der Waals surface area (Å²) >= 11 is 0. The summed E-state index contributed by atoms with van der Waals surface area (Å²) in [7, 11) is 0. The maximum atomic E-state index is 11.1. The Balaban J connectivity index is 2.97. The number of benzene rings is 1. The van der Waals surface area contributed by atoms with Crippen LogP contribution in [0.1, 0.15) is 24.9 Å². The fourth-order valence-electron chi connectivity index (χ4n) is 2.08. The predicted octanol–water partition coefficient (Wildman–Crippen LogP) is 0.116. The lowest BCUT2D eigenvalue weighted by atomic mass is 10.0. The Kier molecular flexibility index (Phi) is 5.32. The largest absolute Gasteiger partial charge is 0.508 e. The second-order valence-electron chi connectivity index (χ2n) is 4.35. The highest BCUT2D eigenvalue weighted by Gasteiger charge is 2.21. The quantitative estimate of drug-likeness (QED) is 0.650. The lowest BCUT2D eigenvalue weighted by Gasteiger charge is -2.29. The van der Waals surface area contributed by atoms with Crippen LogP contribution < -0.4 is 11.5 Å². The highest BCUT2D eigenvalue weighted by Crippen LogP contribution is 2.25. The lowest BCUT2D eigenvalue weighted by Crippen LogP contribution is -2.41. The standard InChI is InChI=1S/C13H19N3O3/c1-2-11(9-3-5-10(17)6-4-9)16(7-12(14)18)8-13(15)19/h3-6,11,17H,2,7-8H2,1H3,(H2,14,18)(H2,15,19). The van der Waals surface area contributed by atoms with Crippen LogP contribution in [-0.4, -0.2) is 34.9 Å². The summed E-state index contributed by atoms with van der Waals surface area (Å²) < 4.78 is 0. The zero-order chi connectivity index (χ0) is 14.4. The molecule has 0 aliphatic heterocycles. The van der Waals surface area contributed by atoms with Crippen molar-refractivity contribution in [2.45, 2.75) is 19.4 Å². The number of amides is 2. The van der Waals surface area contributed by atoms with Crippen LogP contribution in [0.15, 0.2) is 24.3 Å². The zero-order valence-electron chi connectivity index (χ0n) is 10.9. The van der Waals surface area contributed by atoms with Crippen molar-refractivity contribution < 1.29 is 14.7 Å². The normalized spacial score (nSPS) is 12.3. The molecule has 0 aromatic heterocycles. The van der Waals surface area contributed by atoms with Crippen molar-refractivity contribution >= 4 is 11.8 Å². The summed E-state index contributed by atoms with van der Waals surface area (Å²) in [6.45, 7) is 1.86. The van der Waals surface area contributed by atoms with E-state index in [1.54, 1.807) is 29.2 Å². The van der Waals surface area contributed by atoms with E-state index in [0.717, 1.165) is 5.56 Å². The number of aromatic hydroxyl groups is 1. The van der Waals surface area contributed by atoms with Crippen LogP contribution in [0.5, 0.6) is 5.75 Å². The summed E-state index contributed by atoms with van der Waals surface area (Å²) in [6.07, 6.45) is 0.686. The number of nitrogens with zero attached hydrogens (tertiary/aromatic N) is 1. The average Bonchev–Trinajstić information content (AvgIpc) is 2.30. The predicted molar refractivity (Wildman–Crippen MR) is 71.1 cm³/mol. The highest BCUT2D eigenvalue weighted by atomic mass is 16.3. The highest BCUT2D eigenvalue weighted by molar-refractivity contribution is 5.79. The number of hydrogen-bond donors (Lipinski definition) is 3. The van der Waals surface area contributed by atoms with Gasteiger partial charge in [-0.15, -0.1) is 0 Å². The van der Waals surface area contributed by atoms with E-state index in [9.17, 15) is 14.7 Å². The van der Waals surface area contributed by atoms with Crippen molar-refractivity contribution in [3.63, 3.8) is 0 Å². The smallest absolute Gasteiger partial charge is 0.231 e. The molecule has 0 spiro atoms. The Hall–Kier alpha value is -2.08. The van der Waals surface area contributed by atoms with Gasteiger partial charge in [-0.1, -0.05) is 19.1 Å². The van der Waals surface area contributed by atoms with Gasteiger partial charge in [0.1, 0.15) is 5.75 Å². The van der Waals surface area contributed by atoms with Gasteiger partial charge in [-0.25, -0.2) is 0 Å². The van der Waals surface area contributed by atoms with Gasteiger partial charge in [-0.3, -0.25) is 14.5 Å². The molecule has 0 saturated carbocycles. The van der Waals surface area contributed by atoms with Crippen LogP contribution in [-0.2, 0) is 9.59 Å². The first-order chi connectivity index (χ1) is 8.93. The molecule has 1 aromatic rings. The second-order valence-corrected chi connectivity index (χ2v) is 4.35. The van der Waals surface area contributed by atoms with Crippen molar-refractivity contribution in [3.05, 3.63) is 29.8 Å². The third kappa shape index (κ3) is 4.59. The molecule has 104 valence electrons. The molecule has 1 rings (SSSR count). The van der Waals surface area contributed by atoms with Crippen molar-refractivity contribution in [2.24, 2.45) is 11.5 Å². The van der Waals surface area contributed by atoms with Crippen LogP contribution in [0.2, 0.25) is 0 Å². The van der Waals surface area contributed by atoms with E-state index in [1.165, 1.54) is 0 Å². The SMILES string of the molecule is CCC(c1ccc(O)cc1)N(CC(N)=O)CC(N)=O. The Morgan fingerprint density at radius 1 is 1.16 bits per heavy atom. The molecule has 1 atom stereocenters. The van der Waals surface area contributed by atoms with Gasteiger partial charge in [-0.05, 0) is 24.1 Å². The van der Waals surface area contributed by atoms with Gasteiger partial charge in [0.15, 0.2) is 0 Å². The summed E-state index contributed by atoms with van der Waals surface area (Å²) in [5.41, 5.74) is 11.3. The van der Waals surface area contributed by atoms with Gasteiger partial charge >= 0.3 is 0 Å². The molecule has 19 heavy (non-hydrogen) atoms. The van der Waals surface area contributed by atoms with Crippen LogP contribution >= 0.6 is 0 Å². The van der Waals surface area contributed by atoms with Crippen molar-refractivity contribution in [2.75, 3.05) is 13.1 Å². The minimum Gasteiger partial charge on any atom is -0.508 e. The number of primary amides is 2. The van der Waals surface area contributed by atoms with Gasteiger partial charge in [0.2, 0.25) is 11.8 Å². The second kappa shape index (κ2) is 6.75. The van der Waals surface area contributed by atoms with Gasteiger partial charge in [0.25, 0.3) is 0 Å². The number of nitrogens with two attached hydrogens (primary N) is 2. The fourth-order valence-corrected chi connectivity index (χ4v) is 2.08. The van der Waals surface area contributed by atoms with E-state index in [2.05, 4.69) is 0 Å². The number of carbonyl (C=O) groups excluding carboxylic acids is 2. The minimum absolute atomic E-state index is 0.0394. The van der Waals surface area contributed by atoms with Crippen LogP contribution in [0.4, 0.5) is 0 Å². The molecule has 0 heterocycles. The molecule has 0 saturated heterocycles. The topological polar surface area (TPSA) is 110 Å². The number of hydrogen-bond acceptors (Lipinski definition) is 4. The lowest BCUT2D eigenvalue weighted by molar-refractivity contribution is -0.123. The molecule has 5 N–H and O–H groups in total. The Morgan fingerprint density at radius 2 is 1.63 bits per heavy atom. The first-order valence-electron chi connectivity index (χ1n) is 6.03. The summed E-state index contributed by atoms with van der Waals surface area (Å²) in [6, 6.07) is 6.47. The van der Waals surface area contributed by atoms with Gasteiger partial charge in [0.05, 0.1) is 13.1 Å². The van der Waals surface area contributed by atoms with E-state index < -0.39 is 11.8 Å². The Bertz CT molecular complexity index is 429. The monoisotopic (exact) mass is 265 g/mol. The van der Waals surface area contributed by atoms with E-state index in [1.807, 2.05) is 6.92 Å². The van der Waals surface area contributed by atoms with Gasteiger partial charge in [-0.2, -0.15) is 0 Å². The number of rotatable bonds is 7. The fraction of sp³-hybridized carbons (Fsp3) is 0.385. The van der Waals surface area contributed by atoms with E-state index in [-0.39, 0.29) is 24.9 Å². The maximum absolute atomic E-state index is 11.1. The Labute approximate surface area is 112 Å². The third-order valence-electron chi connectivity index (χ3n) is 2.82. The number of phenolic OH excluding ortho intramolecular Hbond substituents is 1. The minimum atomic E-state index is -0.515. The summed E-state index contributed by atoms with van der Waals surface area (Å²) in [5, 5.41) is 9.28. The molecule has 0 radical (unpaired) electrons. The first-order valence-corrected chi connectivity index (χ1v) is 6.03. The zero-order valence-corrected chi connectivity index (χ0v) is 10.9. The van der Waals surface area contributed by atoms with Crippen LogP contribution in [0, 0.1) is 0 Å². The average molecular weight is 265 g/mol. The van der Waals surface area contributed by atoms with Crippen molar-refractivity contribution in [1.29, 1.82) is 0 Å². The van der Waals surface area contributed by atoms with Crippen LogP contribution in [0.25, 0.3) is 0 Å². The molecule has 0 fully saturated rings. The molecular formula is C13H19N3O3. The van der Waals surface area contributed by atoms with Crippen molar-refractivity contribution in [1.82, 2.24) is 4.90 Å². The van der Waals surface area contributed by atoms with Crippen molar-refractivity contribution in [3.8, 4) is 5.75 Å². The molecule has 6 heteroatoms. The number of phenols is 1. The molecule has 0 bridgehead atoms. The molecular weight excluding hydrogens is 246 g/mol. The molecule has 2 amide bonds. The molecule has 6 nitrogen and oxygen atoms in total. The van der Waals surface area contributed by atoms with E-state index in [4.69, 9.17) is 11.5 Å². The molecule has 0 aliphatic carbocycles. The maximum Gasteiger partial charge on any atom is 0.231 e. The van der Waals surface area contributed by atoms with Crippen LogP contribution in [0.3, 0.4) is 0 Å². The summed E-state index contributed by atoms with van der Waals surface area (Å²) in [4.78, 5) is 23.8. The van der Waals surface area contributed by atoms with Gasteiger partial charge < -0.3 is 16.6 Å². The molecule has 0 aliphatic rings.